The molecule has 6 nitrogen and oxygen atoms in total. The zero-order chi connectivity index (χ0) is 32.0. The average molecular weight is 625 g/mol. The number of nitrogens with one attached hydrogen (secondary N) is 4. The quantitative estimate of drug-likeness (QED) is 0.224. The van der Waals surface area contributed by atoms with Gasteiger partial charge in [0, 0.05) is 49.7 Å². The third-order valence-electron chi connectivity index (χ3n) is 10.1. The Morgan fingerprint density at radius 2 is 1.98 bits per heavy atom. The average Bonchev–Trinajstić information content (AvgIpc) is 3.12. The molecule has 6 heteroatoms. The van der Waals surface area contributed by atoms with Gasteiger partial charge in [-0.3, -0.25) is 0 Å². The molecule has 3 atom stereocenters. The van der Waals surface area contributed by atoms with Crippen molar-refractivity contribution in [2.45, 2.75) is 63.1 Å². The summed E-state index contributed by atoms with van der Waals surface area (Å²) in [5.74, 6) is 0. The minimum atomic E-state index is 0.0502. The summed E-state index contributed by atoms with van der Waals surface area (Å²) in [7, 11) is 2.08. The van der Waals surface area contributed by atoms with Crippen LogP contribution in [0.1, 0.15) is 62.1 Å². The van der Waals surface area contributed by atoms with Gasteiger partial charge in [-0.05, 0) is 95.8 Å². The van der Waals surface area contributed by atoms with Crippen molar-refractivity contribution < 1.29 is 0 Å². The molecule has 1 aliphatic carbocycles. The molecule has 0 radical (unpaired) electrons. The van der Waals surface area contributed by atoms with Crippen LogP contribution in [0.3, 0.4) is 0 Å². The number of benzene rings is 1. The van der Waals surface area contributed by atoms with Crippen LogP contribution in [-0.4, -0.2) is 37.1 Å². The Kier molecular flexibility index (Phi) is 9.36. The second-order valence-electron chi connectivity index (χ2n) is 13.2. The lowest BCUT2D eigenvalue weighted by molar-refractivity contribution is 0.416. The first-order valence-corrected chi connectivity index (χ1v) is 17.4. The van der Waals surface area contributed by atoms with Crippen LogP contribution in [0.15, 0.2) is 149 Å². The van der Waals surface area contributed by atoms with E-state index in [1.54, 1.807) is 0 Å². The van der Waals surface area contributed by atoms with Crippen LogP contribution in [-0.2, 0) is 0 Å². The zero-order valence-corrected chi connectivity index (χ0v) is 27.5. The van der Waals surface area contributed by atoms with Gasteiger partial charge < -0.3 is 31.9 Å². The highest BCUT2D eigenvalue weighted by molar-refractivity contribution is 5.88. The predicted octanol–water partition coefficient (Wildman–Crippen LogP) is 6.81. The Hall–Kier alpha value is -4.84. The van der Waals surface area contributed by atoms with Gasteiger partial charge in [-0.2, -0.15) is 0 Å². The van der Waals surface area contributed by atoms with Crippen molar-refractivity contribution in [3.05, 3.63) is 160 Å². The molecule has 47 heavy (non-hydrogen) atoms. The monoisotopic (exact) mass is 624 g/mol. The number of hydrogen-bond donors (Lipinski definition) is 5. The van der Waals surface area contributed by atoms with E-state index in [4.69, 9.17) is 5.73 Å². The Bertz CT molecular complexity index is 1700. The Labute approximate surface area is 280 Å². The Balaban J connectivity index is 1.20. The number of fused-ring (bicyclic) bond motifs is 4. The number of hydrogen-bond acceptors (Lipinski definition) is 6. The number of nitrogens with two attached hydrogens (primary N) is 1. The van der Waals surface area contributed by atoms with E-state index in [2.05, 4.69) is 137 Å². The van der Waals surface area contributed by atoms with Gasteiger partial charge in [0.05, 0.1) is 23.8 Å². The summed E-state index contributed by atoms with van der Waals surface area (Å²) in [6.45, 7) is 1.91. The summed E-state index contributed by atoms with van der Waals surface area (Å²) < 4.78 is 0. The maximum absolute atomic E-state index is 6.77. The van der Waals surface area contributed by atoms with Crippen LogP contribution in [0.5, 0.6) is 0 Å². The summed E-state index contributed by atoms with van der Waals surface area (Å²) in [6, 6.07) is 9.51. The number of dihydropyridines is 2. The second kappa shape index (κ2) is 14.3. The maximum atomic E-state index is 6.77. The SMILES string of the molecule is CN1C=CC=CC1/C(N)=C/C(=C\CC1=CC=CCN1)C1=CC=C(C2NC3=CNC4CCCCCN/C=C\C4=C3c3ccccc32)CC1. The molecule has 0 amide bonds. The molecule has 0 bridgehead atoms. The molecule has 5 heterocycles. The predicted molar refractivity (Wildman–Crippen MR) is 195 cm³/mol. The fourth-order valence-electron chi connectivity index (χ4n) is 7.49. The minimum Gasteiger partial charge on any atom is -0.400 e. The van der Waals surface area contributed by atoms with Crippen LogP contribution in [0.4, 0.5) is 0 Å². The molecule has 6 aliphatic rings. The topological polar surface area (TPSA) is 77.4 Å². The lowest BCUT2D eigenvalue weighted by Gasteiger charge is -2.39. The second-order valence-corrected chi connectivity index (χ2v) is 13.2. The third-order valence-corrected chi connectivity index (χ3v) is 10.1. The lowest BCUT2D eigenvalue weighted by atomic mass is 9.78. The molecule has 1 aromatic rings. The van der Waals surface area contributed by atoms with E-state index in [-0.39, 0.29) is 12.1 Å². The molecule has 3 unspecified atom stereocenters. The minimum absolute atomic E-state index is 0.0502. The van der Waals surface area contributed by atoms with E-state index >= 15 is 0 Å². The molecule has 5 aliphatic heterocycles. The molecular formula is C41H48N6. The zero-order valence-electron chi connectivity index (χ0n) is 27.5. The number of allylic oxidation sites excluding steroid dienone is 11. The van der Waals surface area contributed by atoms with Gasteiger partial charge in [0.1, 0.15) is 0 Å². The van der Waals surface area contributed by atoms with Gasteiger partial charge in [0.15, 0.2) is 0 Å². The number of likely N-dealkylation sites (N-methyl/N-ethyl adjacent to an activating group) is 1. The molecule has 0 spiro atoms. The summed E-state index contributed by atoms with van der Waals surface area (Å²) in [5, 5.41) is 14.7. The number of nitrogens with zero attached hydrogens (tertiary/aromatic N) is 1. The van der Waals surface area contributed by atoms with Gasteiger partial charge in [-0.25, -0.2) is 0 Å². The summed E-state index contributed by atoms with van der Waals surface area (Å²) in [4.78, 5) is 2.16. The molecule has 1 aromatic carbocycles. The van der Waals surface area contributed by atoms with Gasteiger partial charge in [-0.15, -0.1) is 0 Å². The fourth-order valence-corrected chi connectivity index (χ4v) is 7.49. The van der Waals surface area contributed by atoms with Crippen LogP contribution in [0.25, 0.3) is 5.57 Å². The maximum Gasteiger partial charge on any atom is 0.0864 e. The highest BCUT2D eigenvalue weighted by Gasteiger charge is 2.34. The van der Waals surface area contributed by atoms with Crippen molar-refractivity contribution >= 4 is 5.57 Å². The Morgan fingerprint density at radius 1 is 1.04 bits per heavy atom. The largest absolute Gasteiger partial charge is 0.400 e. The molecule has 7 rings (SSSR count). The van der Waals surface area contributed by atoms with Gasteiger partial charge in [-0.1, -0.05) is 79.6 Å². The molecule has 6 N–H and O–H groups in total. The number of rotatable bonds is 6. The lowest BCUT2D eigenvalue weighted by Crippen LogP contribution is -2.38. The first kappa shape index (κ1) is 30.8. The normalized spacial score (nSPS) is 26.5. The van der Waals surface area contributed by atoms with Gasteiger partial charge >= 0.3 is 0 Å². The van der Waals surface area contributed by atoms with E-state index in [0.29, 0.717) is 6.04 Å². The summed E-state index contributed by atoms with van der Waals surface area (Å²) in [6.07, 6.45) is 38.4. The standard InChI is InChI=1S/C41H48N6/c1-47-26-10-7-15-39(47)36(42)27-31(20-21-32-11-6-9-24-44-32)29-16-18-30(19-17-29)41-34-13-5-4-12-33(34)40-35-22-25-43-23-8-2-3-14-37(35)45-28-38(40)46-41/h4-7,9-13,15-16,18,20,22,25-28,37,39,41,43-46H,2-3,8,14,17,19,21,23-24,42H2,1H3/b25-22-,31-20+,36-27-. The van der Waals surface area contributed by atoms with Crippen LogP contribution < -0.4 is 27.0 Å². The van der Waals surface area contributed by atoms with Gasteiger partial charge in [0.2, 0.25) is 0 Å². The van der Waals surface area contributed by atoms with Gasteiger partial charge in [0.25, 0.3) is 0 Å². The van der Waals surface area contributed by atoms with E-state index in [1.165, 1.54) is 69.6 Å². The molecule has 0 aromatic heterocycles. The third kappa shape index (κ3) is 6.83. The van der Waals surface area contributed by atoms with Crippen molar-refractivity contribution in [2.75, 3.05) is 20.1 Å². The van der Waals surface area contributed by atoms with Crippen LogP contribution >= 0.6 is 0 Å². The Morgan fingerprint density at radius 3 is 2.83 bits per heavy atom. The van der Waals surface area contributed by atoms with Crippen molar-refractivity contribution in [1.29, 1.82) is 0 Å². The highest BCUT2D eigenvalue weighted by Crippen LogP contribution is 2.44. The molecule has 0 saturated heterocycles. The van der Waals surface area contributed by atoms with E-state index in [1.807, 2.05) is 6.08 Å². The fraction of sp³-hybridized carbons (Fsp3) is 0.317. The van der Waals surface area contributed by atoms with E-state index in [0.717, 1.165) is 44.5 Å². The van der Waals surface area contributed by atoms with E-state index < -0.39 is 0 Å². The first-order valence-electron chi connectivity index (χ1n) is 17.4. The first-order chi connectivity index (χ1) is 23.2. The van der Waals surface area contributed by atoms with Crippen molar-refractivity contribution in [2.24, 2.45) is 5.73 Å². The summed E-state index contributed by atoms with van der Waals surface area (Å²) >= 11 is 0. The summed E-state index contributed by atoms with van der Waals surface area (Å²) in [5.41, 5.74) is 19.4. The van der Waals surface area contributed by atoms with Crippen LogP contribution in [0.2, 0.25) is 0 Å². The smallest absolute Gasteiger partial charge is 0.0864 e. The molecule has 0 fully saturated rings. The molecular weight excluding hydrogens is 576 g/mol. The molecule has 242 valence electrons. The van der Waals surface area contributed by atoms with E-state index in [9.17, 15) is 0 Å². The van der Waals surface area contributed by atoms with Crippen molar-refractivity contribution in [3.8, 4) is 0 Å². The van der Waals surface area contributed by atoms with Crippen molar-refractivity contribution in [1.82, 2.24) is 26.2 Å². The molecule has 0 saturated carbocycles. The van der Waals surface area contributed by atoms with Crippen LogP contribution in [0, 0.1) is 0 Å². The highest BCUT2D eigenvalue weighted by atomic mass is 15.1. The van der Waals surface area contributed by atoms with Crippen molar-refractivity contribution in [3.63, 3.8) is 0 Å².